The van der Waals surface area contributed by atoms with Crippen molar-refractivity contribution in [2.24, 2.45) is 0 Å². The van der Waals surface area contributed by atoms with Crippen LogP contribution in [0.5, 0.6) is 0 Å². The number of hydrogen-bond donors (Lipinski definition) is 0. The van der Waals surface area contributed by atoms with Gasteiger partial charge in [-0.25, -0.2) is 4.57 Å². The molecule has 0 aliphatic carbocycles. The van der Waals surface area contributed by atoms with E-state index in [9.17, 15) is 105 Å². The van der Waals surface area contributed by atoms with Crippen molar-refractivity contribution < 1.29 is 110 Å². The van der Waals surface area contributed by atoms with Crippen LogP contribution >= 0.6 is 0 Å². The molecule has 76 heavy (non-hydrogen) atoms. The number of aromatic nitrogens is 1. The maximum absolute atomic E-state index is 14.2. The zero-order chi connectivity index (χ0) is 57.4. The SMILES string of the molecule is FC(F)(F)c1cc([B-](c2cc(C(F)(F)F)cc(C(F)(F)F)c2)(c2cc(C(F)(F)F)cc(C(F)(F)F)c2)c2cc(C(F)(F)F)cc(C(F)(F)F)c2)cc(C(F)(F)F)c1.N#CC(C#N)=C(C[n+]1ccccc1)c1ccccc1. The second kappa shape index (κ2) is 20.8. The Kier molecular flexibility index (Phi) is 16.2. The van der Waals surface area contributed by atoms with Crippen LogP contribution in [0.1, 0.15) is 50.1 Å². The Labute approximate surface area is 411 Å². The predicted molar refractivity (Wildman–Crippen MR) is 221 cm³/mol. The Morgan fingerprint density at radius 1 is 0.342 bits per heavy atom. The Hall–Kier alpha value is -7.65. The highest BCUT2D eigenvalue weighted by molar-refractivity contribution is 7.20. The Morgan fingerprint density at radius 2 is 0.566 bits per heavy atom. The number of halogens is 24. The topological polar surface area (TPSA) is 51.5 Å². The summed E-state index contributed by atoms with van der Waals surface area (Å²) in [6.07, 6.45) is -51.0. The van der Waals surface area contributed by atoms with Gasteiger partial charge in [-0.3, -0.25) is 0 Å². The number of pyridine rings is 1. The van der Waals surface area contributed by atoms with Gasteiger partial charge in [-0.05, 0) is 29.8 Å². The minimum atomic E-state index is -6.13. The van der Waals surface area contributed by atoms with Crippen molar-refractivity contribution in [3.05, 3.63) is 189 Å². The van der Waals surface area contributed by atoms with Crippen LogP contribution in [0.25, 0.3) is 5.57 Å². The molecule has 0 atom stereocenters. The molecule has 0 fully saturated rings. The normalized spacial score (nSPS) is 13.0. The van der Waals surface area contributed by atoms with Crippen LogP contribution in [0.3, 0.4) is 0 Å². The molecular weight excluding hydrogens is 1090 g/mol. The van der Waals surface area contributed by atoms with E-state index in [4.69, 9.17) is 10.5 Å². The second-order valence-corrected chi connectivity index (χ2v) is 16.2. The molecule has 5 aromatic carbocycles. The average molecular weight is 1110 g/mol. The highest BCUT2D eigenvalue weighted by Crippen LogP contribution is 2.41. The first-order chi connectivity index (χ1) is 34.6. The molecule has 6 aromatic rings. The summed E-state index contributed by atoms with van der Waals surface area (Å²) in [5.41, 5.74) is -28.4. The standard InChI is InChI=1S/C32H12BF24.C16H12N3/c34-25(35,36)13-1-14(26(37,38)39)6-21(5-13)33(22-7-15(27(40,41)42)2-16(8-22)28(43,44)45,23-9-17(29(46,47)48)3-18(10-23)30(49,50)51)24-11-19(31(52,53)54)4-20(12-24)32(55,56)57;17-11-15(12-18)16(14-7-3-1-4-8-14)13-19-9-5-2-6-10-19/h1-12H;1-10H,13H2/q-1;+1. The molecule has 402 valence electrons. The minimum Gasteiger partial charge on any atom is -0.201 e. The first kappa shape index (κ1) is 59.2. The Morgan fingerprint density at radius 3 is 0.776 bits per heavy atom. The molecule has 1 aromatic heterocycles. The fraction of sp³-hybridized carbons (Fsp3) is 0.188. The van der Waals surface area contributed by atoms with Gasteiger partial charge in [-0.1, -0.05) is 84.9 Å². The Balaban J connectivity index is 0.000000468. The van der Waals surface area contributed by atoms with Crippen molar-refractivity contribution in [1.82, 2.24) is 0 Å². The van der Waals surface area contributed by atoms with Crippen LogP contribution < -0.4 is 26.4 Å². The number of rotatable bonds is 7. The van der Waals surface area contributed by atoms with Gasteiger partial charge in [0.1, 0.15) is 23.9 Å². The van der Waals surface area contributed by atoms with E-state index in [0.717, 1.165) is 11.1 Å². The van der Waals surface area contributed by atoms with Gasteiger partial charge >= 0.3 is 49.4 Å². The number of allylic oxidation sites excluding steroid dienone is 2. The van der Waals surface area contributed by atoms with Crippen molar-refractivity contribution in [2.75, 3.05) is 0 Å². The molecule has 28 heteroatoms. The number of hydrogen-bond acceptors (Lipinski definition) is 2. The lowest BCUT2D eigenvalue weighted by atomic mass is 9.12. The lowest BCUT2D eigenvalue weighted by Crippen LogP contribution is -2.75. The maximum Gasteiger partial charge on any atom is 0.416 e. The van der Waals surface area contributed by atoms with Crippen LogP contribution in [0, 0.1) is 22.7 Å². The summed E-state index contributed by atoms with van der Waals surface area (Å²) in [7, 11) is 0. The Bertz CT molecular complexity index is 2730. The molecule has 0 unspecified atom stereocenters. The molecule has 3 nitrogen and oxygen atoms in total. The van der Waals surface area contributed by atoms with Crippen LogP contribution in [-0.2, 0) is 56.0 Å². The number of nitriles is 2. The van der Waals surface area contributed by atoms with Crippen molar-refractivity contribution in [2.45, 2.75) is 56.0 Å². The largest absolute Gasteiger partial charge is 0.416 e. The van der Waals surface area contributed by atoms with E-state index < -0.39 is 195 Å². The first-order valence-corrected chi connectivity index (χ1v) is 20.5. The summed E-state index contributed by atoms with van der Waals surface area (Å²) >= 11 is 0. The van der Waals surface area contributed by atoms with Gasteiger partial charge in [0.15, 0.2) is 18.9 Å². The van der Waals surface area contributed by atoms with Crippen molar-refractivity contribution in [3.63, 3.8) is 0 Å². The second-order valence-electron chi connectivity index (χ2n) is 16.2. The zero-order valence-electron chi connectivity index (χ0n) is 36.9. The summed E-state index contributed by atoms with van der Waals surface area (Å²) in [5.74, 6) is 0. The summed E-state index contributed by atoms with van der Waals surface area (Å²) in [6.45, 7) is 0.501. The first-order valence-electron chi connectivity index (χ1n) is 20.5. The quantitative estimate of drug-likeness (QED) is 0.0692. The van der Waals surface area contributed by atoms with Gasteiger partial charge in [0.2, 0.25) is 0 Å². The van der Waals surface area contributed by atoms with Crippen LogP contribution in [0.2, 0.25) is 0 Å². The minimum absolute atomic E-state index is 0.155. The van der Waals surface area contributed by atoms with E-state index in [1.54, 1.807) is 0 Å². The predicted octanol–water partition coefficient (Wildman–Crippen LogP) is 13.7. The molecule has 6 rings (SSSR count). The van der Waals surface area contributed by atoms with E-state index in [2.05, 4.69) is 0 Å². The fourth-order valence-corrected chi connectivity index (χ4v) is 7.91. The molecule has 0 aliphatic heterocycles. The summed E-state index contributed by atoms with van der Waals surface area (Å²) < 4.78 is 343. The lowest BCUT2D eigenvalue weighted by molar-refractivity contribution is -0.684. The van der Waals surface area contributed by atoms with Crippen molar-refractivity contribution in [3.8, 4) is 12.1 Å². The van der Waals surface area contributed by atoms with E-state index in [1.165, 1.54) is 0 Å². The molecule has 0 bridgehead atoms. The molecule has 0 aliphatic rings. The lowest BCUT2D eigenvalue weighted by Gasteiger charge is -2.46. The summed E-state index contributed by atoms with van der Waals surface area (Å²) in [6, 6.07) is 10.4. The monoisotopic (exact) mass is 1110 g/mol. The van der Waals surface area contributed by atoms with Gasteiger partial charge < -0.3 is 0 Å². The highest BCUT2D eigenvalue weighted by atomic mass is 19.4. The maximum atomic E-state index is 14.2. The third-order valence-corrected chi connectivity index (χ3v) is 11.2. The third-order valence-electron chi connectivity index (χ3n) is 11.2. The molecule has 0 spiro atoms. The van der Waals surface area contributed by atoms with E-state index >= 15 is 0 Å². The van der Waals surface area contributed by atoms with E-state index in [0.29, 0.717) is 6.54 Å². The average Bonchev–Trinajstić information content (AvgIpc) is 3.30. The molecule has 0 radical (unpaired) electrons. The third kappa shape index (κ3) is 13.6. The smallest absolute Gasteiger partial charge is 0.201 e. The molecule has 0 saturated carbocycles. The highest BCUT2D eigenvalue weighted by Gasteiger charge is 2.47. The fourth-order valence-electron chi connectivity index (χ4n) is 7.91. The van der Waals surface area contributed by atoms with E-state index in [1.807, 2.05) is 77.6 Å². The molecular formula is C48H24BF24N3. The van der Waals surface area contributed by atoms with Crippen molar-refractivity contribution in [1.29, 1.82) is 10.5 Å². The van der Waals surface area contributed by atoms with Crippen molar-refractivity contribution >= 4 is 33.6 Å². The van der Waals surface area contributed by atoms with E-state index in [-0.39, 0.29) is 5.57 Å². The molecule has 0 N–H and O–H groups in total. The van der Waals surface area contributed by atoms with Crippen LogP contribution in [0.15, 0.2) is 139 Å². The van der Waals surface area contributed by atoms with Crippen LogP contribution in [0.4, 0.5) is 105 Å². The van der Waals surface area contributed by atoms with Gasteiger partial charge in [-0.2, -0.15) is 138 Å². The summed E-state index contributed by atoms with van der Waals surface area (Å²) in [5, 5.41) is 18.2. The number of nitrogens with zero attached hydrogens (tertiary/aromatic N) is 3. The number of alkyl halides is 24. The molecule has 0 amide bonds. The van der Waals surface area contributed by atoms with Gasteiger partial charge in [0, 0.05) is 12.1 Å². The van der Waals surface area contributed by atoms with Gasteiger partial charge in [0.05, 0.1) is 50.1 Å². The number of benzene rings is 5. The zero-order valence-corrected chi connectivity index (χ0v) is 36.9. The summed E-state index contributed by atoms with van der Waals surface area (Å²) in [4.78, 5) is 0. The molecule has 1 heterocycles. The van der Waals surface area contributed by atoms with Crippen LogP contribution in [-0.4, -0.2) is 6.15 Å². The van der Waals surface area contributed by atoms with Gasteiger partial charge in [0.25, 0.3) is 0 Å². The molecule has 0 saturated heterocycles. The van der Waals surface area contributed by atoms with Gasteiger partial charge in [-0.15, -0.1) is 0 Å².